The van der Waals surface area contributed by atoms with Crippen LogP contribution in [-0.4, -0.2) is 32.6 Å². The lowest BCUT2D eigenvalue weighted by Gasteiger charge is -2.06. The molecule has 3 heterocycles. The van der Waals surface area contributed by atoms with Gasteiger partial charge in [-0.2, -0.15) is 5.10 Å². The highest BCUT2D eigenvalue weighted by Gasteiger charge is 2.19. The minimum Gasteiger partial charge on any atom is -0.351 e. The Kier molecular flexibility index (Phi) is 4.86. The minimum absolute atomic E-state index is 0.0254. The number of amides is 1. The van der Waals surface area contributed by atoms with E-state index in [1.165, 1.54) is 12.1 Å². The number of nitrogens with one attached hydrogen (secondary N) is 1. The summed E-state index contributed by atoms with van der Waals surface area (Å²) >= 11 is 0. The van der Waals surface area contributed by atoms with Gasteiger partial charge in [-0.15, -0.1) is 0 Å². The van der Waals surface area contributed by atoms with Gasteiger partial charge in [0.2, 0.25) is 0 Å². The van der Waals surface area contributed by atoms with E-state index in [1.807, 2.05) is 35.0 Å². The van der Waals surface area contributed by atoms with Crippen LogP contribution in [-0.2, 0) is 19.5 Å². The normalized spacial score (nSPS) is 13.6. The van der Waals surface area contributed by atoms with Crippen LogP contribution < -0.4 is 5.32 Å². The molecule has 0 aliphatic carbocycles. The Bertz CT molecular complexity index is 1290. The van der Waals surface area contributed by atoms with Crippen molar-refractivity contribution in [3.63, 3.8) is 0 Å². The number of hydrogen-bond acceptors (Lipinski definition) is 3. The maximum atomic E-state index is 13.1. The highest BCUT2D eigenvalue weighted by Crippen LogP contribution is 2.24. The van der Waals surface area contributed by atoms with E-state index in [4.69, 9.17) is 0 Å². The third-order valence-corrected chi connectivity index (χ3v) is 5.60. The van der Waals surface area contributed by atoms with Gasteiger partial charge < -0.3 is 9.88 Å². The lowest BCUT2D eigenvalue weighted by Crippen LogP contribution is -2.22. The van der Waals surface area contributed by atoms with Gasteiger partial charge in [0.25, 0.3) is 5.91 Å². The van der Waals surface area contributed by atoms with Gasteiger partial charge in [-0.3, -0.25) is 14.3 Å². The van der Waals surface area contributed by atoms with Crippen LogP contribution >= 0.6 is 0 Å². The van der Waals surface area contributed by atoms with E-state index >= 15 is 0 Å². The van der Waals surface area contributed by atoms with Crippen LogP contribution in [0.25, 0.3) is 10.9 Å². The zero-order valence-electron chi connectivity index (χ0n) is 16.8. The minimum atomic E-state index is -0.270. The second kappa shape index (κ2) is 7.83. The number of nitrogens with zero attached hydrogens (tertiary/aromatic N) is 3. The first-order chi connectivity index (χ1) is 15.1. The number of Topliss-reactive ketones (excluding diaryl/α,β-unsaturated/α-hetero) is 1. The summed E-state index contributed by atoms with van der Waals surface area (Å²) < 4.78 is 16.8. The van der Waals surface area contributed by atoms with Crippen LogP contribution in [0, 0.1) is 5.82 Å². The van der Waals surface area contributed by atoms with E-state index in [9.17, 15) is 14.0 Å². The van der Waals surface area contributed by atoms with Gasteiger partial charge in [-0.25, -0.2) is 4.39 Å². The first kappa shape index (κ1) is 19.2. The quantitative estimate of drug-likeness (QED) is 0.506. The second-order valence-corrected chi connectivity index (χ2v) is 7.80. The molecule has 0 fully saturated rings. The van der Waals surface area contributed by atoms with Crippen LogP contribution in [0.5, 0.6) is 0 Å². The molecule has 156 valence electrons. The predicted octanol–water partition coefficient (Wildman–Crippen LogP) is 3.58. The molecule has 0 saturated heterocycles. The Morgan fingerprint density at radius 1 is 1.10 bits per heavy atom. The molecule has 2 aromatic carbocycles. The Balaban J connectivity index is 1.34. The number of hydrogen-bond donors (Lipinski definition) is 1. The van der Waals surface area contributed by atoms with Crippen molar-refractivity contribution in [1.29, 1.82) is 0 Å². The average molecular weight is 416 g/mol. The first-order valence-electron chi connectivity index (χ1n) is 10.3. The van der Waals surface area contributed by atoms with Gasteiger partial charge in [0.05, 0.1) is 18.7 Å². The molecule has 4 aromatic rings. The maximum absolute atomic E-state index is 13.1. The Hall–Kier alpha value is -3.74. The van der Waals surface area contributed by atoms with Crippen molar-refractivity contribution in [2.24, 2.45) is 0 Å². The van der Waals surface area contributed by atoms with Gasteiger partial charge in [0, 0.05) is 35.8 Å². The number of ketones is 1. The Labute approximate surface area is 178 Å². The van der Waals surface area contributed by atoms with Gasteiger partial charge in [0.1, 0.15) is 11.5 Å². The van der Waals surface area contributed by atoms with Crippen LogP contribution in [0.15, 0.2) is 60.8 Å². The fraction of sp³-hybridized carbons (Fsp3) is 0.208. The van der Waals surface area contributed by atoms with Crippen molar-refractivity contribution in [3.8, 4) is 0 Å². The molecule has 0 atom stereocenters. The predicted molar refractivity (Wildman–Crippen MR) is 115 cm³/mol. The summed E-state index contributed by atoms with van der Waals surface area (Å²) in [5, 5.41) is 8.33. The summed E-state index contributed by atoms with van der Waals surface area (Å²) in [6.45, 7) is 1.91. The molecule has 6 nitrogen and oxygen atoms in total. The van der Waals surface area contributed by atoms with Crippen molar-refractivity contribution in [3.05, 3.63) is 89.1 Å². The fourth-order valence-corrected chi connectivity index (χ4v) is 4.02. The van der Waals surface area contributed by atoms with Gasteiger partial charge in [-0.05, 0) is 42.3 Å². The number of rotatable bonds is 5. The van der Waals surface area contributed by atoms with Crippen LogP contribution in [0.1, 0.15) is 38.5 Å². The molecule has 1 aliphatic rings. The summed E-state index contributed by atoms with van der Waals surface area (Å²) in [4.78, 5) is 25.2. The van der Waals surface area contributed by atoms with E-state index in [-0.39, 0.29) is 23.9 Å². The third-order valence-electron chi connectivity index (χ3n) is 5.60. The summed E-state index contributed by atoms with van der Waals surface area (Å²) in [7, 11) is 0. The summed E-state index contributed by atoms with van der Waals surface area (Å²) in [5.74, 6) is -0.371. The summed E-state index contributed by atoms with van der Waals surface area (Å²) in [6.07, 6.45) is 2.86. The molecular formula is C24H21FN4O2. The molecule has 0 saturated carbocycles. The standard InChI is InChI=1S/C24H21FN4O2/c25-19-6-2-16(3-7-19)15-28-11-8-20(27-28)14-23(30)18-5-4-17-12-22-24(31)26-9-1-10-29(22)21(17)13-18/h2-8,11-13H,1,9-10,14-15H2,(H,26,31). The average Bonchev–Trinajstić information content (AvgIpc) is 3.31. The molecule has 31 heavy (non-hydrogen) atoms. The monoisotopic (exact) mass is 416 g/mol. The second-order valence-electron chi connectivity index (χ2n) is 7.80. The lowest BCUT2D eigenvalue weighted by molar-refractivity contribution is 0.0950. The van der Waals surface area contributed by atoms with E-state index in [0.29, 0.717) is 30.0 Å². The van der Waals surface area contributed by atoms with E-state index in [0.717, 1.165) is 29.4 Å². The molecule has 7 heteroatoms. The topological polar surface area (TPSA) is 68.9 Å². The van der Waals surface area contributed by atoms with Crippen molar-refractivity contribution >= 4 is 22.6 Å². The number of aryl methyl sites for hydroxylation is 1. The van der Waals surface area contributed by atoms with E-state index < -0.39 is 0 Å². The van der Waals surface area contributed by atoms with Gasteiger partial charge >= 0.3 is 0 Å². The van der Waals surface area contributed by atoms with Crippen molar-refractivity contribution in [2.45, 2.75) is 25.9 Å². The van der Waals surface area contributed by atoms with Crippen molar-refractivity contribution in [2.75, 3.05) is 6.54 Å². The maximum Gasteiger partial charge on any atom is 0.267 e. The van der Waals surface area contributed by atoms with Crippen LogP contribution in [0.2, 0.25) is 0 Å². The highest BCUT2D eigenvalue weighted by molar-refractivity contribution is 6.03. The van der Waals surface area contributed by atoms with Crippen LogP contribution in [0.3, 0.4) is 0 Å². The zero-order valence-corrected chi connectivity index (χ0v) is 16.8. The number of carbonyl (C=O) groups excluding carboxylic acids is 2. The number of fused-ring (bicyclic) bond motifs is 3. The number of carbonyl (C=O) groups is 2. The molecule has 0 spiro atoms. The van der Waals surface area contributed by atoms with Gasteiger partial charge in [0.15, 0.2) is 5.78 Å². The van der Waals surface area contributed by atoms with E-state index in [2.05, 4.69) is 10.4 Å². The van der Waals surface area contributed by atoms with Gasteiger partial charge in [-0.1, -0.05) is 24.3 Å². The molecular weight excluding hydrogens is 395 g/mol. The third kappa shape index (κ3) is 3.86. The molecule has 0 unspecified atom stereocenters. The number of halogens is 1. The largest absolute Gasteiger partial charge is 0.351 e. The van der Waals surface area contributed by atoms with Crippen molar-refractivity contribution < 1.29 is 14.0 Å². The van der Waals surface area contributed by atoms with Crippen LogP contribution in [0.4, 0.5) is 4.39 Å². The Morgan fingerprint density at radius 2 is 1.94 bits per heavy atom. The van der Waals surface area contributed by atoms with Crippen molar-refractivity contribution in [1.82, 2.24) is 19.7 Å². The first-order valence-corrected chi connectivity index (χ1v) is 10.3. The lowest BCUT2D eigenvalue weighted by atomic mass is 10.1. The number of aromatic nitrogens is 3. The summed E-state index contributed by atoms with van der Waals surface area (Å²) in [5.41, 5.74) is 3.76. The fourth-order valence-electron chi connectivity index (χ4n) is 4.02. The molecule has 5 rings (SSSR count). The summed E-state index contributed by atoms with van der Waals surface area (Å²) in [6, 6.07) is 15.6. The molecule has 1 N–H and O–H groups in total. The Morgan fingerprint density at radius 3 is 2.77 bits per heavy atom. The number of benzene rings is 2. The van der Waals surface area contributed by atoms with E-state index in [1.54, 1.807) is 22.9 Å². The molecule has 0 bridgehead atoms. The SMILES string of the molecule is O=C(Cc1ccn(Cc2ccc(F)cc2)n1)c1ccc2cc3n(c2c1)CCCNC3=O. The molecule has 1 amide bonds. The smallest absolute Gasteiger partial charge is 0.267 e. The molecule has 1 aliphatic heterocycles. The zero-order chi connectivity index (χ0) is 21.4. The molecule has 2 aromatic heterocycles. The molecule has 0 radical (unpaired) electrons. The highest BCUT2D eigenvalue weighted by atomic mass is 19.1.